The van der Waals surface area contributed by atoms with E-state index in [1.54, 1.807) is 12.1 Å². The molecule has 0 aliphatic heterocycles. The van der Waals surface area contributed by atoms with Gasteiger partial charge in [0.1, 0.15) is 17.1 Å². The minimum atomic E-state index is -0.746. The van der Waals surface area contributed by atoms with Crippen molar-refractivity contribution in [2.24, 2.45) is 0 Å². The Morgan fingerprint density at radius 1 is 1.08 bits per heavy atom. The standard InChI is InChI=1S/C19H18O5/c1-23-15-7-8-16(17(20)10-15)19(22)24-11-18(21)14-6-5-12-3-2-4-13(12)9-14/h5-10,20H,2-4,11H2,1H3. The van der Waals surface area contributed by atoms with E-state index >= 15 is 0 Å². The highest BCUT2D eigenvalue weighted by molar-refractivity contribution is 6.00. The van der Waals surface area contributed by atoms with Gasteiger partial charge in [0, 0.05) is 11.6 Å². The fourth-order valence-electron chi connectivity index (χ4n) is 2.85. The first kappa shape index (κ1) is 16.1. The van der Waals surface area contributed by atoms with Gasteiger partial charge in [-0.25, -0.2) is 4.79 Å². The molecule has 0 saturated heterocycles. The van der Waals surface area contributed by atoms with E-state index in [0.717, 1.165) is 19.3 Å². The second kappa shape index (κ2) is 6.74. The molecule has 0 spiro atoms. The van der Waals surface area contributed by atoms with Crippen molar-refractivity contribution in [1.82, 2.24) is 0 Å². The molecule has 0 unspecified atom stereocenters. The maximum Gasteiger partial charge on any atom is 0.342 e. The summed E-state index contributed by atoms with van der Waals surface area (Å²) in [5.41, 5.74) is 3.02. The van der Waals surface area contributed by atoms with E-state index in [1.165, 1.54) is 30.4 Å². The Balaban J connectivity index is 1.64. The van der Waals surface area contributed by atoms with Crippen molar-refractivity contribution in [2.45, 2.75) is 19.3 Å². The summed E-state index contributed by atoms with van der Waals surface area (Å²) in [6.45, 7) is -0.358. The van der Waals surface area contributed by atoms with Crippen molar-refractivity contribution in [3.8, 4) is 11.5 Å². The number of hydrogen-bond donors (Lipinski definition) is 1. The Morgan fingerprint density at radius 3 is 2.62 bits per heavy atom. The molecule has 0 saturated carbocycles. The first-order valence-corrected chi connectivity index (χ1v) is 7.77. The van der Waals surface area contributed by atoms with Gasteiger partial charge in [0.15, 0.2) is 12.4 Å². The number of phenols is 1. The number of aryl methyl sites for hydroxylation is 2. The van der Waals surface area contributed by atoms with Crippen molar-refractivity contribution in [2.75, 3.05) is 13.7 Å². The van der Waals surface area contributed by atoms with Crippen molar-refractivity contribution in [1.29, 1.82) is 0 Å². The Hall–Kier alpha value is -2.82. The van der Waals surface area contributed by atoms with Crippen LogP contribution < -0.4 is 4.74 Å². The van der Waals surface area contributed by atoms with Crippen LogP contribution in [0.1, 0.15) is 38.3 Å². The van der Waals surface area contributed by atoms with Gasteiger partial charge in [-0.2, -0.15) is 0 Å². The number of carbonyl (C=O) groups is 2. The predicted octanol–water partition coefficient (Wildman–Crippen LogP) is 2.93. The van der Waals surface area contributed by atoms with Gasteiger partial charge < -0.3 is 14.6 Å². The maximum atomic E-state index is 12.2. The third-order valence-electron chi connectivity index (χ3n) is 4.18. The van der Waals surface area contributed by atoms with Gasteiger partial charge in [-0.15, -0.1) is 0 Å². The normalized spacial score (nSPS) is 12.5. The van der Waals surface area contributed by atoms with E-state index in [4.69, 9.17) is 9.47 Å². The lowest BCUT2D eigenvalue weighted by Gasteiger charge is -2.08. The van der Waals surface area contributed by atoms with Crippen molar-refractivity contribution in [3.05, 3.63) is 58.7 Å². The number of carbonyl (C=O) groups excluding carboxylic acids is 2. The lowest BCUT2D eigenvalue weighted by Crippen LogP contribution is -2.14. The quantitative estimate of drug-likeness (QED) is 0.675. The number of rotatable bonds is 5. The second-order valence-electron chi connectivity index (χ2n) is 5.72. The summed E-state index contributed by atoms with van der Waals surface area (Å²) in [6.07, 6.45) is 3.14. The summed E-state index contributed by atoms with van der Waals surface area (Å²) < 4.78 is 9.98. The van der Waals surface area contributed by atoms with Crippen LogP contribution in [0.5, 0.6) is 11.5 Å². The molecule has 0 fully saturated rings. The van der Waals surface area contributed by atoms with Crippen LogP contribution in [0.4, 0.5) is 0 Å². The highest BCUT2D eigenvalue weighted by Gasteiger charge is 2.17. The summed E-state index contributed by atoms with van der Waals surface area (Å²) in [7, 11) is 1.46. The number of ketones is 1. The highest BCUT2D eigenvalue weighted by Crippen LogP contribution is 2.25. The number of hydrogen-bond acceptors (Lipinski definition) is 5. The summed E-state index contributed by atoms with van der Waals surface area (Å²) >= 11 is 0. The lowest BCUT2D eigenvalue weighted by atomic mass is 10.0. The first-order chi connectivity index (χ1) is 11.6. The number of fused-ring (bicyclic) bond motifs is 1. The topological polar surface area (TPSA) is 72.8 Å². The van der Waals surface area contributed by atoms with Crippen LogP contribution in [0.3, 0.4) is 0 Å². The molecule has 124 valence electrons. The van der Waals surface area contributed by atoms with Crippen LogP contribution in [-0.2, 0) is 17.6 Å². The lowest BCUT2D eigenvalue weighted by molar-refractivity contribution is 0.0471. The maximum absolute atomic E-state index is 12.2. The summed E-state index contributed by atoms with van der Waals surface area (Å²) in [4.78, 5) is 24.2. The zero-order valence-corrected chi connectivity index (χ0v) is 13.4. The van der Waals surface area contributed by atoms with Gasteiger partial charge in [-0.1, -0.05) is 12.1 Å². The molecule has 0 amide bonds. The van der Waals surface area contributed by atoms with Gasteiger partial charge in [0.2, 0.25) is 0 Å². The van der Waals surface area contributed by atoms with Gasteiger partial charge in [0.05, 0.1) is 7.11 Å². The van der Waals surface area contributed by atoms with E-state index < -0.39 is 5.97 Å². The molecule has 2 aromatic carbocycles. The Labute approximate surface area is 139 Å². The van der Waals surface area contributed by atoms with E-state index in [9.17, 15) is 14.7 Å². The molecule has 0 radical (unpaired) electrons. The monoisotopic (exact) mass is 326 g/mol. The first-order valence-electron chi connectivity index (χ1n) is 7.77. The van der Waals surface area contributed by atoms with Crippen LogP contribution in [-0.4, -0.2) is 30.6 Å². The smallest absolute Gasteiger partial charge is 0.342 e. The number of Topliss-reactive ketones (excluding diaryl/α,β-unsaturated/α-hetero) is 1. The van der Waals surface area contributed by atoms with E-state index in [1.807, 2.05) is 12.1 Å². The Morgan fingerprint density at radius 2 is 1.88 bits per heavy atom. The van der Waals surface area contributed by atoms with Crippen LogP contribution in [0.2, 0.25) is 0 Å². The number of ether oxygens (including phenoxy) is 2. The molecule has 3 rings (SSSR count). The molecular formula is C19H18O5. The van der Waals surface area contributed by atoms with Crippen molar-refractivity contribution < 1.29 is 24.2 Å². The van der Waals surface area contributed by atoms with Crippen LogP contribution in [0, 0.1) is 0 Å². The number of phenolic OH excluding ortho intramolecular Hbond substituents is 1. The Kier molecular flexibility index (Phi) is 4.51. The molecule has 2 aromatic rings. The fraction of sp³-hybridized carbons (Fsp3) is 0.263. The summed E-state index contributed by atoms with van der Waals surface area (Å²) in [5.74, 6) is -0.821. The zero-order valence-electron chi connectivity index (χ0n) is 13.4. The van der Waals surface area contributed by atoms with E-state index in [-0.39, 0.29) is 23.7 Å². The SMILES string of the molecule is COc1ccc(C(=O)OCC(=O)c2ccc3c(c2)CCC3)c(O)c1. The number of aromatic hydroxyl groups is 1. The average Bonchev–Trinajstić information content (AvgIpc) is 3.06. The second-order valence-corrected chi connectivity index (χ2v) is 5.72. The molecule has 1 aliphatic rings. The molecule has 0 heterocycles. The number of methoxy groups -OCH3 is 1. The molecule has 0 bridgehead atoms. The minimum absolute atomic E-state index is 0.00227. The number of benzene rings is 2. The molecule has 24 heavy (non-hydrogen) atoms. The van der Waals surface area contributed by atoms with Gasteiger partial charge >= 0.3 is 5.97 Å². The largest absolute Gasteiger partial charge is 0.507 e. The molecule has 1 N–H and O–H groups in total. The summed E-state index contributed by atoms with van der Waals surface area (Å²) in [5, 5.41) is 9.82. The van der Waals surface area contributed by atoms with Crippen molar-refractivity contribution in [3.63, 3.8) is 0 Å². The predicted molar refractivity (Wildman–Crippen MR) is 87.7 cm³/mol. The molecular weight excluding hydrogens is 308 g/mol. The van der Waals surface area contributed by atoms with Crippen molar-refractivity contribution >= 4 is 11.8 Å². The number of esters is 1. The minimum Gasteiger partial charge on any atom is -0.507 e. The molecule has 1 aliphatic carbocycles. The fourth-order valence-corrected chi connectivity index (χ4v) is 2.85. The van der Waals surface area contributed by atoms with Gasteiger partial charge in [-0.3, -0.25) is 4.79 Å². The molecule has 0 atom stereocenters. The molecule has 5 nitrogen and oxygen atoms in total. The van der Waals surface area contributed by atoms with Gasteiger partial charge in [-0.05, 0) is 48.6 Å². The summed E-state index contributed by atoms with van der Waals surface area (Å²) in [6, 6.07) is 9.87. The highest BCUT2D eigenvalue weighted by atomic mass is 16.5. The molecule has 5 heteroatoms. The Bertz CT molecular complexity index is 794. The third-order valence-corrected chi connectivity index (χ3v) is 4.18. The van der Waals surface area contributed by atoms with Crippen LogP contribution >= 0.6 is 0 Å². The average molecular weight is 326 g/mol. The van der Waals surface area contributed by atoms with Crippen LogP contribution in [0.25, 0.3) is 0 Å². The third kappa shape index (κ3) is 3.25. The van der Waals surface area contributed by atoms with E-state index in [0.29, 0.717) is 11.3 Å². The molecule has 0 aromatic heterocycles. The van der Waals surface area contributed by atoms with E-state index in [2.05, 4.69) is 0 Å². The van der Waals surface area contributed by atoms with Crippen LogP contribution in [0.15, 0.2) is 36.4 Å². The van der Waals surface area contributed by atoms with Gasteiger partial charge in [0.25, 0.3) is 0 Å². The zero-order chi connectivity index (χ0) is 17.1.